The Balaban J connectivity index is 3.96. The Kier molecular flexibility index (Phi) is 7.17. The molecule has 0 amide bonds. The number of carbonyl (C=O) groups is 1. The van der Waals surface area contributed by atoms with Gasteiger partial charge >= 0.3 is 5.97 Å². The summed E-state index contributed by atoms with van der Waals surface area (Å²) in [6, 6.07) is 0. The average molecular weight is 342 g/mol. The predicted octanol–water partition coefficient (Wildman–Crippen LogP) is 1.43. The summed E-state index contributed by atoms with van der Waals surface area (Å²) in [5, 5.41) is 18.6. The van der Waals surface area contributed by atoms with E-state index < -0.39 is 17.8 Å². The van der Waals surface area contributed by atoms with E-state index >= 15 is 0 Å². The maximum atomic E-state index is 11.3. The summed E-state index contributed by atoms with van der Waals surface area (Å²) in [6.07, 6.45) is 1.29. The van der Waals surface area contributed by atoms with Gasteiger partial charge in [0.1, 0.15) is 5.60 Å². The highest BCUT2D eigenvalue weighted by molar-refractivity contribution is 14.1. The van der Waals surface area contributed by atoms with Gasteiger partial charge in [0.15, 0.2) is 0 Å². The number of ether oxygens (including phenoxy) is 1. The molecule has 0 aliphatic carbocycles. The van der Waals surface area contributed by atoms with Crippen LogP contribution in [-0.4, -0.2) is 38.4 Å². The second kappa shape index (κ2) is 7.24. The normalized spacial score (nSPS) is 16.1. The van der Waals surface area contributed by atoms with Crippen molar-refractivity contribution in [1.29, 1.82) is 0 Å². The third-order valence-corrected chi connectivity index (χ3v) is 2.49. The number of rotatable bonds is 5. The number of halogens is 1. The van der Waals surface area contributed by atoms with Crippen LogP contribution in [0.4, 0.5) is 0 Å². The monoisotopic (exact) mass is 342 g/mol. The molecule has 16 heavy (non-hydrogen) atoms. The summed E-state index contributed by atoms with van der Waals surface area (Å²) in [4.78, 5) is 11.3. The molecule has 0 saturated heterocycles. The van der Waals surface area contributed by atoms with Gasteiger partial charge in [0.25, 0.3) is 0 Å². The number of aliphatic hydroxyl groups excluding tert-OH is 2. The van der Waals surface area contributed by atoms with E-state index in [2.05, 4.69) is 0 Å². The number of hydrogen-bond donors (Lipinski definition) is 2. The van der Waals surface area contributed by atoms with Crippen LogP contribution >= 0.6 is 22.6 Å². The van der Waals surface area contributed by atoms with Crippen molar-refractivity contribution < 1.29 is 19.7 Å². The predicted molar refractivity (Wildman–Crippen MR) is 70.5 cm³/mol. The van der Waals surface area contributed by atoms with E-state index in [1.165, 1.54) is 12.2 Å². The molecule has 0 heterocycles. The van der Waals surface area contributed by atoms with Gasteiger partial charge in [-0.3, -0.25) is 4.79 Å². The van der Waals surface area contributed by atoms with Crippen molar-refractivity contribution in [1.82, 2.24) is 0 Å². The van der Waals surface area contributed by atoms with Crippen LogP contribution < -0.4 is 0 Å². The minimum Gasteiger partial charge on any atom is -0.460 e. The molecule has 4 nitrogen and oxygen atoms in total. The van der Waals surface area contributed by atoms with Crippen LogP contribution in [0.1, 0.15) is 27.2 Å². The van der Waals surface area contributed by atoms with Gasteiger partial charge < -0.3 is 14.9 Å². The maximum Gasteiger partial charge on any atom is 0.310 e. The van der Waals surface area contributed by atoms with Gasteiger partial charge in [0.2, 0.25) is 0 Å². The second-order valence-corrected chi connectivity index (χ2v) is 5.31. The molecule has 2 atom stereocenters. The minimum absolute atomic E-state index is 0.0995. The summed E-state index contributed by atoms with van der Waals surface area (Å²) in [6.45, 7) is 5.38. The largest absolute Gasteiger partial charge is 0.460 e. The molecular formula is C11H19IO4. The summed E-state index contributed by atoms with van der Waals surface area (Å²) < 4.78 is 5.51. The first-order valence-corrected chi connectivity index (χ1v) is 6.59. The molecule has 0 aromatic carbocycles. The van der Waals surface area contributed by atoms with Crippen LogP contribution in [0.15, 0.2) is 12.2 Å². The highest BCUT2D eigenvalue weighted by Crippen LogP contribution is 2.08. The molecular weight excluding hydrogens is 323 g/mol. The third kappa shape index (κ3) is 8.06. The van der Waals surface area contributed by atoms with Crippen LogP contribution in [-0.2, 0) is 9.53 Å². The van der Waals surface area contributed by atoms with Crippen LogP contribution in [0.25, 0.3) is 0 Å². The number of aliphatic hydroxyl groups is 2. The van der Waals surface area contributed by atoms with E-state index in [9.17, 15) is 15.0 Å². The summed E-state index contributed by atoms with van der Waals surface area (Å²) in [5.74, 6) is -0.347. The Hall–Kier alpha value is -0.140. The number of esters is 1. The molecule has 0 aliphatic heterocycles. The van der Waals surface area contributed by atoms with E-state index in [0.29, 0.717) is 4.43 Å². The lowest BCUT2D eigenvalue weighted by Gasteiger charge is -2.18. The van der Waals surface area contributed by atoms with Crippen molar-refractivity contribution in [3.63, 3.8) is 0 Å². The zero-order valence-corrected chi connectivity index (χ0v) is 12.0. The van der Waals surface area contributed by atoms with Crippen molar-refractivity contribution in [2.45, 2.75) is 45.0 Å². The Morgan fingerprint density at radius 1 is 1.44 bits per heavy atom. The molecule has 0 aliphatic rings. The van der Waals surface area contributed by atoms with Crippen LogP contribution in [0, 0.1) is 0 Å². The van der Waals surface area contributed by atoms with Gasteiger partial charge in [0.05, 0.1) is 18.6 Å². The minimum atomic E-state index is -0.931. The molecule has 0 bridgehead atoms. The molecule has 0 spiro atoms. The molecule has 94 valence electrons. The Labute approximate surface area is 110 Å². The molecule has 0 fully saturated rings. The SMILES string of the molecule is CC(C)(C)OC(=O)C/C=C/[C@H](O)[C@H](O)CI. The molecule has 0 radical (unpaired) electrons. The Morgan fingerprint density at radius 3 is 2.44 bits per heavy atom. The van der Waals surface area contributed by atoms with Gasteiger partial charge in [-0.15, -0.1) is 0 Å². The van der Waals surface area contributed by atoms with Crippen molar-refractivity contribution >= 4 is 28.6 Å². The number of carbonyl (C=O) groups excluding carboxylic acids is 1. The van der Waals surface area contributed by atoms with Crippen molar-refractivity contribution in [3.05, 3.63) is 12.2 Å². The van der Waals surface area contributed by atoms with Gasteiger partial charge in [-0.1, -0.05) is 34.7 Å². The summed E-state index contributed by atoms with van der Waals surface area (Å²) in [7, 11) is 0. The lowest BCUT2D eigenvalue weighted by molar-refractivity contribution is -0.153. The fourth-order valence-corrected chi connectivity index (χ4v) is 1.43. The highest BCUT2D eigenvalue weighted by atomic mass is 127. The highest BCUT2D eigenvalue weighted by Gasteiger charge is 2.15. The first kappa shape index (κ1) is 15.9. The lowest BCUT2D eigenvalue weighted by atomic mass is 10.2. The molecule has 0 aromatic heterocycles. The molecule has 0 saturated carbocycles. The van der Waals surface area contributed by atoms with Crippen LogP contribution in [0.3, 0.4) is 0 Å². The quantitative estimate of drug-likeness (QED) is 0.343. The van der Waals surface area contributed by atoms with Crippen molar-refractivity contribution in [2.75, 3.05) is 4.43 Å². The fourth-order valence-electron chi connectivity index (χ4n) is 0.906. The maximum absolute atomic E-state index is 11.3. The first-order valence-electron chi connectivity index (χ1n) is 5.07. The Morgan fingerprint density at radius 2 is 2.00 bits per heavy atom. The summed E-state index contributed by atoms with van der Waals surface area (Å²) in [5.41, 5.74) is -0.495. The van der Waals surface area contributed by atoms with Gasteiger partial charge in [-0.2, -0.15) is 0 Å². The molecule has 2 N–H and O–H groups in total. The van der Waals surface area contributed by atoms with E-state index in [1.54, 1.807) is 20.8 Å². The van der Waals surface area contributed by atoms with Gasteiger partial charge in [-0.05, 0) is 20.8 Å². The second-order valence-electron chi connectivity index (χ2n) is 4.43. The smallest absolute Gasteiger partial charge is 0.310 e. The van der Waals surface area contributed by atoms with Crippen LogP contribution in [0.2, 0.25) is 0 Å². The fraction of sp³-hybridized carbons (Fsp3) is 0.727. The zero-order chi connectivity index (χ0) is 12.8. The number of alkyl halides is 1. The van der Waals surface area contributed by atoms with Crippen molar-refractivity contribution in [2.24, 2.45) is 0 Å². The lowest BCUT2D eigenvalue weighted by Crippen LogP contribution is -2.25. The molecule has 5 heteroatoms. The standard InChI is InChI=1S/C11H19IO4/c1-11(2,3)16-10(15)6-4-5-8(13)9(14)7-12/h4-5,8-9,13-14H,6-7H2,1-3H3/b5-4+/t8-,9+/m0/s1. The first-order chi connectivity index (χ1) is 7.26. The van der Waals surface area contributed by atoms with E-state index in [-0.39, 0.29) is 12.4 Å². The Bertz CT molecular complexity index is 245. The average Bonchev–Trinajstić information content (AvgIpc) is 2.13. The third-order valence-electron chi connectivity index (χ3n) is 1.59. The van der Waals surface area contributed by atoms with Gasteiger partial charge in [0, 0.05) is 4.43 Å². The van der Waals surface area contributed by atoms with Crippen molar-refractivity contribution in [3.8, 4) is 0 Å². The topological polar surface area (TPSA) is 66.8 Å². The zero-order valence-electron chi connectivity index (χ0n) is 9.81. The van der Waals surface area contributed by atoms with E-state index in [0.717, 1.165) is 0 Å². The molecule has 0 unspecified atom stereocenters. The molecule has 0 aromatic rings. The van der Waals surface area contributed by atoms with Crippen LogP contribution in [0.5, 0.6) is 0 Å². The number of hydrogen-bond acceptors (Lipinski definition) is 4. The van der Waals surface area contributed by atoms with E-state index in [1.807, 2.05) is 22.6 Å². The van der Waals surface area contributed by atoms with E-state index in [4.69, 9.17) is 4.74 Å². The van der Waals surface area contributed by atoms with Gasteiger partial charge in [-0.25, -0.2) is 0 Å². The summed E-state index contributed by atoms with van der Waals surface area (Å²) >= 11 is 1.98. The molecule has 0 rings (SSSR count).